The lowest BCUT2D eigenvalue weighted by Gasteiger charge is -2.16. The molecule has 9 nitrogen and oxygen atoms in total. The average Bonchev–Trinajstić information content (AvgIpc) is 2.78. The van der Waals surface area contributed by atoms with Crippen LogP contribution in [-0.4, -0.2) is 45.7 Å². The molecule has 0 aromatic heterocycles. The molecule has 138 valence electrons. The number of hydrogen-bond acceptors (Lipinski definition) is 7. The number of hydrogen-bond donors (Lipinski definition) is 2. The lowest BCUT2D eigenvalue weighted by Crippen LogP contribution is -2.42. The first-order valence-electron chi connectivity index (χ1n) is 7.62. The van der Waals surface area contributed by atoms with Crippen LogP contribution in [0.4, 0.5) is 0 Å². The molecule has 1 amide bonds. The van der Waals surface area contributed by atoms with Gasteiger partial charge in [-0.05, 0) is 26.0 Å². The number of carbonyl (C=O) groups is 2. The van der Waals surface area contributed by atoms with Crippen LogP contribution < -0.4 is 19.9 Å². The van der Waals surface area contributed by atoms with Gasteiger partial charge in [-0.2, -0.15) is 4.72 Å². The molecule has 1 aromatic carbocycles. The van der Waals surface area contributed by atoms with Crippen LogP contribution in [0.5, 0.6) is 11.5 Å². The van der Waals surface area contributed by atoms with Crippen molar-refractivity contribution >= 4 is 21.9 Å². The van der Waals surface area contributed by atoms with Crippen molar-refractivity contribution in [1.82, 2.24) is 4.72 Å². The van der Waals surface area contributed by atoms with E-state index in [1.165, 1.54) is 32.0 Å². The summed E-state index contributed by atoms with van der Waals surface area (Å²) in [5.41, 5.74) is 5.00. The van der Waals surface area contributed by atoms with E-state index in [0.29, 0.717) is 31.1 Å². The van der Waals surface area contributed by atoms with Gasteiger partial charge in [0.1, 0.15) is 6.04 Å². The van der Waals surface area contributed by atoms with Gasteiger partial charge in [-0.15, -0.1) is 0 Å². The predicted molar refractivity (Wildman–Crippen MR) is 86.6 cm³/mol. The van der Waals surface area contributed by atoms with Crippen LogP contribution in [0.2, 0.25) is 0 Å². The molecule has 25 heavy (non-hydrogen) atoms. The van der Waals surface area contributed by atoms with Gasteiger partial charge >= 0.3 is 5.97 Å². The van der Waals surface area contributed by atoms with E-state index < -0.39 is 34.0 Å². The summed E-state index contributed by atoms with van der Waals surface area (Å²) in [4.78, 5) is 22.7. The summed E-state index contributed by atoms with van der Waals surface area (Å²) in [6.45, 7) is 3.50. The van der Waals surface area contributed by atoms with Crippen LogP contribution in [-0.2, 0) is 24.3 Å². The van der Waals surface area contributed by atoms with Gasteiger partial charge in [0.25, 0.3) is 5.91 Å². The Morgan fingerprint density at radius 3 is 2.48 bits per heavy atom. The molecule has 0 radical (unpaired) electrons. The first-order chi connectivity index (χ1) is 11.7. The van der Waals surface area contributed by atoms with Gasteiger partial charge in [0.05, 0.1) is 18.1 Å². The molecule has 0 aliphatic carbocycles. The molecule has 0 saturated carbocycles. The first-order valence-corrected chi connectivity index (χ1v) is 9.11. The van der Waals surface area contributed by atoms with Crippen LogP contribution in [0.1, 0.15) is 20.3 Å². The molecule has 1 aliphatic rings. The zero-order chi connectivity index (χ0) is 18.6. The number of primary amides is 1. The molecule has 0 spiro atoms. The number of benzene rings is 1. The van der Waals surface area contributed by atoms with Gasteiger partial charge in [0.2, 0.25) is 10.0 Å². The van der Waals surface area contributed by atoms with Crippen LogP contribution in [0, 0.1) is 0 Å². The summed E-state index contributed by atoms with van der Waals surface area (Å²) < 4.78 is 42.7. The lowest BCUT2D eigenvalue weighted by atomic mass is 10.3. The molecule has 10 heteroatoms. The molecule has 1 heterocycles. The Hall–Kier alpha value is -2.33. The monoisotopic (exact) mass is 372 g/mol. The minimum atomic E-state index is -4.01. The summed E-state index contributed by atoms with van der Waals surface area (Å²) >= 11 is 0. The minimum Gasteiger partial charge on any atom is -0.490 e. The van der Waals surface area contributed by atoms with Gasteiger partial charge in [-0.1, -0.05) is 0 Å². The Balaban J connectivity index is 2.12. The zero-order valence-corrected chi connectivity index (χ0v) is 14.7. The third kappa shape index (κ3) is 4.83. The summed E-state index contributed by atoms with van der Waals surface area (Å²) in [6.07, 6.45) is -0.465. The van der Waals surface area contributed by atoms with Crippen LogP contribution >= 0.6 is 0 Å². The van der Waals surface area contributed by atoms with E-state index >= 15 is 0 Å². The summed E-state index contributed by atoms with van der Waals surface area (Å²) in [6, 6.07) is 2.96. The first kappa shape index (κ1) is 19.0. The van der Waals surface area contributed by atoms with Crippen LogP contribution in [0.15, 0.2) is 23.1 Å². The normalized spacial score (nSPS) is 16.4. The zero-order valence-electron chi connectivity index (χ0n) is 13.9. The highest BCUT2D eigenvalue weighted by molar-refractivity contribution is 7.89. The van der Waals surface area contributed by atoms with Crippen molar-refractivity contribution in [1.29, 1.82) is 0 Å². The Labute approximate surface area is 145 Å². The Morgan fingerprint density at radius 1 is 1.20 bits per heavy atom. The number of amides is 1. The maximum absolute atomic E-state index is 12.4. The fourth-order valence-corrected chi connectivity index (χ4v) is 3.20. The number of ether oxygens (including phenoxy) is 3. The fourth-order valence-electron chi connectivity index (χ4n) is 1.99. The number of fused-ring (bicyclic) bond motifs is 1. The van der Waals surface area contributed by atoms with Crippen molar-refractivity contribution in [2.75, 3.05) is 13.2 Å². The highest BCUT2D eigenvalue weighted by Crippen LogP contribution is 2.31. The Morgan fingerprint density at radius 2 is 1.84 bits per heavy atom. The third-order valence-corrected chi connectivity index (χ3v) is 4.95. The van der Waals surface area contributed by atoms with Crippen molar-refractivity contribution in [3.05, 3.63) is 18.2 Å². The largest absolute Gasteiger partial charge is 0.490 e. The Kier molecular flexibility index (Phi) is 5.85. The molecule has 2 rings (SSSR count). The van der Waals surface area contributed by atoms with Gasteiger partial charge < -0.3 is 19.9 Å². The van der Waals surface area contributed by atoms with E-state index in [1.807, 2.05) is 0 Å². The van der Waals surface area contributed by atoms with Crippen molar-refractivity contribution in [2.45, 2.75) is 37.3 Å². The number of esters is 1. The van der Waals surface area contributed by atoms with E-state index in [4.69, 9.17) is 19.9 Å². The standard InChI is InChI=1S/C15H20N2O7S/c1-9(15(19)24-10(2)14(16)18)17-25(20,21)11-4-5-12-13(8-11)23-7-3-6-22-12/h4-5,8-10,17H,3,6-7H2,1-2H3,(H2,16,18)/t9-,10-/m0/s1. The molecule has 1 aliphatic heterocycles. The van der Waals surface area contributed by atoms with Gasteiger partial charge in [0, 0.05) is 12.5 Å². The molecule has 2 atom stereocenters. The lowest BCUT2D eigenvalue weighted by molar-refractivity contribution is -0.155. The fraction of sp³-hybridized carbons (Fsp3) is 0.467. The second kappa shape index (κ2) is 7.70. The number of nitrogens with one attached hydrogen (secondary N) is 1. The third-order valence-electron chi connectivity index (χ3n) is 3.41. The molecule has 0 bridgehead atoms. The Bertz CT molecular complexity index is 763. The van der Waals surface area contributed by atoms with Crippen molar-refractivity contribution < 1.29 is 32.2 Å². The second-order valence-corrected chi connectivity index (χ2v) is 7.20. The van der Waals surface area contributed by atoms with E-state index in [2.05, 4.69) is 4.72 Å². The summed E-state index contributed by atoms with van der Waals surface area (Å²) in [5.74, 6) is -0.965. The van der Waals surface area contributed by atoms with E-state index in [-0.39, 0.29) is 4.90 Å². The summed E-state index contributed by atoms with van der Waals surface area (Å²) in [5, 5.41) is 0. The molecule has 0 unspecified atom stereocenters. The van der Waals surface area contributed by atoms with Gasteiger partial charge in [-0.3, -0.25) is 9.59 Å². The highest BCUT2D eigenvalue weighted by atomic mass is 32.2. The van der Waals surface area contributed by atoms with Gasteiger partial charge in [0.15, 0.2) is 17.6 Å². The molecule has 0 saturated heterocycles. The molecule has 1 aromatic rings. The highest BCUT2D eigenvalue weighted by Gasteiger charge is 2.26. The van der Waals surface area contributed by atoms with Crippen molar-refractivity contribution in [2.24, 2.45) is 5.73 Å². The maximum atomic E-state index is 12.4. The topological polar surface area (TPSA) is 134 Å². The van der Waals surface area contributed by atoms with Crippen molar-refractivity contribution in [3.8, 4) is 11.5 Å². The van der Waals surface area contributed by atoms with Crippen LogP contribution in [0.3, 0.4) is 0 Å². The summed E-state index contributed by atoms with van der Waals surface area (Å²) in [7, 11) is -4.01. The average molecular weight is 372 g/mol. The minimum absolute atomic E-state index is 0.0839. The van der Waals surface area contributed by atoms with E-state index in [1.54, 1.807) is 0 Å². The molecular formula is C15H20N2O7S. The SMILES string of the molecule is C[C@H](NS(=O)(=O)c1ccc2c(c1)OCCCO2)C(=O)O[C@@H](C)C(N)=O. The molecular weight excluding hydrogens is 352 g/mol. The molecule has 3 N–H and O–H groups in total. The second-order valence-electron chi connectivity index (χ2n) is 5.48. The maximum Gasteiger partial charge on any atom is 0.324 e. The number of rotatable bonds is 6. The number of nitrogens with two attached hydrogens (primary N) is 1. The van der Waals surface area contributed by atoms with E-state index in [9.17, 15) is 18.0 Å². The van der Waals surface area contributed by atoms with Crippen molar-refractivity contribution in [3.63, 3.8) is 0 Å². The van der Waals surface area contributed by atoms with E-state index in [0.717, 1.165) is 0 Å². The quantitative estimate of drug-likeness (QED) is 0.668. The predicted octanol–water partition coefficient (Wildman–Crippen LogP) is -0.0683. The van der Waals surface area contributed by atoms with Gasteiger partial charge in [-0.25, -0.2) is 8.42 Å². The van der Waals surface area contributed by atoms with Crippen LogP contribution in [0.25, 0.3) is 0 Å². The molecule has 0 fully saturated rings. The smallest absolute Gasteiger partial charge is 0.324 e. The number of sulfonamides is 1. The number of carbonyl (C=O) groups excluding carboxylic acids is 2.